The summed E-state index contributed by atoms with van der Waals surface area (Å²) >= 11 is 0. The molecule has 1 heterocycles. The Kier molecular flexibility index (Phi) is 3.75. The zero-order valence-electron chi connectivity index (χ0n) is 11.6. The Morgan fingerprint density at radius 2 is 2.05 bits per heavy atom. The number of fused-ring (bicyclic) bond motifs is 1. The summed E-state index contributed by atoms with van der Waals surface area (Å²) in [6, 6.07) is 14.1. The van der Waals surface area contributed by atoms with Gasteiger partial charge in [0.25, 0.3) is 0 Å². The smallest absolute Gasteiger partial charge is 0.231 e. The minimum atomic E-state index is -0.151. The zero-order valence-corrected chi connectivity index (χ0v) is 11.6. The average Bonchev–Trinajstić information content (AvgIpc) is 3.02. The van der Waals surface area contributed by atoms with E-state index < -0.39 is 0 Å². The third kappa shape index (κ3) is 2.91. The highest BCUT2D eigenvalue weighted by Crippen LogP contribution is 2.32. The molecule has 0 spiro atoms. The molecule has 0 unspecified atom stereocenters. The number of rotatable bonds is 4. The lowest BCUT2D eigenvalue weighted by molar-refractivity contribution is 0.104. The number of allylic oxidation sites excluding steroid dienone is 1. The van der Waals surface area contributed by atoms with Gasteiger partial charge in [0, 0.05) is 23.5 Å². The van der Waals surface area contributed by atoms with Crippen LogP contribution in [-0.2, 0) is 0 Å². The highest BCUT2D eigenvalue weighted by atomic mass is 16.7. The molecular formula is C17H12N2O3. The van der Waals surface area contributed by atoms with Gasteiger partial charge in [0.15, 0.2) is 17.3 Å². The maximum Gasteiger partial charge on any atom is 0.231 e. The number of anilines is 1. The van der Waals surface area contributed by atoms with E-state index in [1.54, 1.807) is 42.6 Å². The molecular weight excluding hydrogens is 280 g/mol. The summed E-state index contributed by atoms with van der Waals surface area (Å²) in [5.41, 5.74) is 1.82. The molecule has 3 rings (SSSR count). The Morgan fingerprint density at radius 1 is 1.18 bits per heavy atom. The number of nitrogens with one attached hydrogen (secondary N) is 1. The van der Waals surface area contributed by atoms with E-state index in [0.717, 1.165) is 5.69 Å². The standard InChI is InChI=1S/C17H12N2O3/c18-10-12-2-1-3-14(8-12)19-7-6-15(20)13-4-5-16-17(9-13)22-11-21-16/h1-9,19H,11H2. The van der Waals surface area contributed by atoms with Crippen LogP contribution in [0.3, 0.4) is 0 Å². The number of benzene rings is 2. The van der Waals surface area contributed by atoms with Crippen molar-refractivity contribution < 1.29 is 14.3 Å². The van der Waals surface area contributed by atoms with Crippen LogP contribution in [0.15, 0.2) is 54.7 Å². The van der Waals surface area contributed by atoms with E-state index in [0.29, 0.717) is 22.6 Å². The molecule has 108 valence electrons. The van der Waals surface area contributed by atoms with Gasteiger partial charge in [-0.1, -0.05) is 6.07 Å². The quantitative estimate of drug-likeness (QED) is 0.692. The molecule has 0 saturated heterocycles. The first-order chi connectivity index (χ1) is 10.8. The first-order valence-corrected chi connectivity index (χ1v) is 6.63. The predicted octanol–water partition coefficient (Wildman–Crippen LogP) is 3.10. The highest BCUT2D eigenvalue weighted by Gasteiger charge is 2.14. The van der Waals surface area contributed by atoms with E-state index in [1.807, 2.05) is 6.07 Å². The van der Waals surface area contributed by atoms with Gasteiger partial charge in [0.05, 0.1) is 11.6 Å². The Balaban J connectivity index is 1.67. The monoisotopic (exact) mass is 292 g/mol. The fourth-order valence-corrected chi connectivity index (χ4v) is 2.04. The second-order valence-corrected chi connectivity index (χ2v) is 4.60. The summed E-state index contributed by atoms with van der Waals surface area (Å²) < 4.78 is 10.4. The number of ketones is 1. The molecule has 0 fully saturated rings. The normalized spacial score (nSPS) is 12.1. The van der Waals surface area contributed by atoms with Crippen LogP contribution in [0, 0.1) is 11.3 Å². The fraction of sp³-hybridized carbons (Fsp3) is 0.0588. The average molecular weight is 292 g/mol. The summed E-state index contributed by atoms with van der Waals surface area (Å²) in [5.74, 6) is 1.07. The lowest BCUT2D eigenvalue weighted by atomic mass is 10.1. The number of nitrogens with zero attached hydrogens (tertiary/aromatic N) is 1. The van der Waals surface area contributed by atoms with Crippen molar-refractivity contribution in [1.82, 2.24) is 0 Å². The van der Waals surface area contributed by atoms with Crippen molar-refractivity contribution in [2.24, 2.45) is 0 Å². The second-order valence-electron chi connectivity index (χ2n) is 4.60. The molecule has 2 aromatic rings. The molecule has 1 aliphatic heterocycles. The maximum atomic E-state index is 12.1. The van der Waals surface area contributed by atoms with E-state index in [-0.39, 0.29) is 12.6 Å². The number of ether oxygens (including phenoxy) is 2. The predicted molar refractivity (Wildman–Crippen MR) is 80.8 cm³/mol. The van der Waals surface area contributed by atoms with Gasteiger partial charge in [-0.3, -0.25) is 4.79 Å². The largest absolute Gasteiger partial charge is 0.454 e. The van der Waals surface area contributed by atoms with Crippen molar-refractivity contribution in [3.05, 3.63) is 65.9 Å². The van der Waals surface area contributed by atoms with Crippen LogP contribution in [0.5, 0.6) is 11.5 Å². The van der Waals surface area contributed by atoms with E-state index in [9.17, 15) is 4.79 Å². The van der Waals surface area contributed by atoms with Crippen LogP contribution in [0.4, 0.5) is 5.69 Å². The van der Waals surface area contributed by atoms with Crippen molar-refractivity contribution in [1.29, 1.82) is 5.26 Å². The zero-order chi connectivity index (χ0) is 15.4. The molecule has 2 aromatic carbocycles. The number of nitriles is 1. The molecule has 0 radical (unpaired) electrons. The SMILES string of the molecule is N#Cc1cccc(NC=CC(=O)c2ccc3c(c2)OCO3)c1. The van der Waals surface area contributed by atoms with Crippen LogP contribution in [0.2, 0.25) is 0 Å². The third-order valence-electron chi connectivity index (χ3n) is 3.13. The van der Waals surface area contributed by atoms with Gasteiger partial charge in [0.1, 0.15) is 0 Å². The Labute approximate surface area is 127 Å². The van der Waals surface area contributed by atoms with E-state index in [4.69, 9.17) is 14.7 Å². The summed E-state index contributed by atoms with van der Waals surface area (Å²) in [5, 5.41) is 11.8. The summed E-state index contributed by atoms with van der Waals surface area (Å²) in [6.45, 7) is 0.180. The topological polar surface area (TPSA) is 71.4 Å². The minimum absolute atomic E-state index is 0.151. The maximum absolute atomic E-state index is 12.1. The number of carbonyl (C=O) groups excluding carboxylic acids is 1. The van der Waals surface area contributed by atoms with Gasteiger partial charge in [0.2, 0.25) is 6.79 Å². The molecule has 0 atom stereocenters. The van der Waals surface area contributed by atoms with E-state index >= 15 is 0 Å². The molecule has 1 N–H and O–H groups in total. The van der Waals surface area contributed by atoms with Crippen LogP contribution in [0.1, 0.15) is 15.9 Å². The van der Waals surface area contributed by atoms with Crippen LogP contribution in [0.25, 0.3) is 0 Å². The molecule has 0 bridgehead atoms. The first-order valence-electron chi connectivity index (χ1n) is 6.63. The van der Waals surface area contributed by atoms with Crippen LogP contribution in [-0.4, -0.2) is 12.6 Å². The van der Waals surface area contributed by atoms with Gasteiger partial charge < -0.3 is 14.8 Å². The van der Waals surface area contributed by atoms with Gasteiger partial charge >= 0.3 is 0 Å². The van der Waals surface area contributed by atoms with Crippen LogP contribution < -0.4 is 14.8 Å². The molecule has 5 heteroatoms. The van der Waals surface area contributed by atoms with Crippen LogP contribution >= 0.6 is 0 Å². The van der Waals surface area contributed by atoms with Gasteiger partial charge in [-0.2, -0.15) is 5.26 Å². The number of hydrogen-bond donors (Lipinski definition) is 1. The summed E-state index contributed by atoms with van der Waals surface area (Å²) in [4.78, 5) is 12.1. The summed E-state index contributed by atoms with van der Waals surface area (Å²) in [7, 11) is 0. The first kappa shape index (κ1) is 13.7. The van der Waals surface area contributed by atoms with Gasteiger partial charge in [-0.05, 0) is 36.4 Å². The van der Waals surface area contributed by atoms with E-state index in [2.05, 4.69) is 11.4 Å². The molecule has 0 saturated carbocycles. The fourth-order valence-electron chi connectivity index (χ4n) is 2.04. The minimum Gasteiger partial charge on any atom is -0.454 e. The number of carbonyl (C=O) groups is 1. The second kappa shape index (κ2) is 6.02. The highest BCUT2D eigenvalue weighted by molar-refractivity contribution is 6.05. The Morgan fingerprint density at radius 3 is 2.91 bits per heavy atom. The van der Waals surface area contributed by atoms with Gasteiger partial charge in [-0.25, -0.2) is 0 Å². The molecule has 0 aromatic heterocycles. The molecule has 0 aliphatic carbocycles. The van der Waals surface area contributed by atoms with Crippen molar-refractivity contribution in [3.8, 4) is 17.6 Å². The molecule has 22 heavy (non-hydrogen) atoms. The van der Waals surface area contributed by atoms with E-state index in [1.165, 1.54) is 6.08 Å². The Hall–Kier alpha value is -3.26. The molecule has 5 nitrogen and oxygen atoms in total. The van der Waals surface area contributed by atoms with Crippen molar-refractivity contribution in [3.63, 3.8) is 0 Å². The van der Waals surface area contributed by atoms with Crippen molar-refractivity contribution in [2.75, 3.05) is 12.1 Å². The van der Waals surface area contributed by atoms with Crippen molar-refractivity contribution >= 4 is 11.5 Å². The molecule has 1 aliphatic rings. The lowest BCUT2D eigenvalue weighted by Crippen LogP contribution is -1.96. The Bertz CT molecular complexity index is 791. The third-order valence-corrected chi connectivity index (χ3v) is 3.13. The van der Waals surface area contributed by atoms with Gasteiger partial charge in [-0.15, -0.1) is 0 Å². The lowest BCUT2D eigenvalue weighted by Gasteiger charge is -2.01. The number of hydrogen-bond acceptors (Lipinski definition) is 5. The summed E-state index contributed by atoms with van der Waals surface area (Å²) in [6.07, 6.45) is 2.97. The van der Waals surface area contributed by atoms with Crippen molar-refractivity contribution in [2.45, 2.75) is 0 Å². The molecule has 0 amide bonds.